The highest BCUT2D eigenvalue weighted by Gasteiger charge is 2.33. The number of amides is 1. The topological polar surface area (TPSA) is 108 Å². The Morgan fingerprint density at radius 3 is 2.57 bits per heavy atom. The molecule has 0 saturated carbocycles. The number of hydrogen-bond acceptors (Lipinski definition) is 8. The number of likely N-dealkylation sites (tertiary alicyclic amines) is 1. The minimum absolute atomic E-state index is 0.172. The predicted octanol–water partition coefficient (Wildman–Crippen LogP) is 0.553. The van der Waals surface area contributed by atoms with Gasteiger partial charge in [0.1, 0.15) is 12.4 Å². The molecule has 0 aliphatic carbocycles. The quantitative estimate of drug-likeness (QED) is 0.751. The van der Waals surface area contributed by atoms with E-state index in [0.29, 0.717) is 37.4 Å². The number of nitrogens with zero attached hydrogens (tertiary/aromatic N) is 5. The van der Waals surface area contributed by atoms with Crippen LogP contribution in [0.15, 0.2) is 12.3 Å². The molecule has 3 aliphatic heterocycles. The van der Waals surface area contributed by atoms with Crippen LogP contribution in [0.5, 0.6) is 0 Å². The van der Waals surface area contributed by atoms with Gasteiger partial charge in [-0.1, -0.05) is 0 Å². The van der Waals surface area contributed by atoms with Gasteiger partial charge in [0.05, 0.1) is 12.6 Å². The Morgan fingerprint density at radius 2 is 1.93 bits per heavy atom. The molecule has 4 rings (SSSR count). The maximum absolute atomic E-state index is 11.7. The summed E-state index contributed by atoms with van der Waals surface area (Å²) in [6.07, 6.45) is 4.95. The van der Waals surface area contributed by atoms with Crippen molar-refractivity contribution in [1.82, 2.24) is 19.8 Å². The number of rotatable bonds is 5. The number of aliphatic hydroxyl groups excluding tert-OH is 1. The number of hydrogen-bond donors (Lipinski definition) is 2. The summed E-state index contributed by atoms with van der Waals surface area (Å²) in [5.74, 6) is 1.46. The highest BCUT2D eigenvalue weighted by Crippen LogP contribution is 2.25. The van der Waals surface area contributed by atoms with Gasteiger partial charge in [-0.05, 0) is 37.7 Å². The summed E-state index contributed by atoms with van der Waals surface area (Å²) in [5, 5.41) is 10.8. The normalized spacial score (nSPS) is 23.8. The van der Waals surface area contributed by atoms with Gasteiger partial charge in [-0.25, -0.2) is 9.78 Å². The van der Waals surface area contributed by atoms with Crippen LogP contribution in [0.4, 0.5) is 16.6 Å². The van der Waals surface area contributed by atoms with Crippen LogP contribution in [-0.2, 0) is 4.74 Å². The van der Waals surface area contributed by atoms with Crippen molar-refractivity contribution in [3.8, 4) is 0 Å². The fraction of sp³-hybridized carbons (Fsp3) is 0.737. The van der Waals surface area contributed by atoms with Gasteiger partial charge in [0.15, 0.2) is 0 Å². The van der Waals surface area contributed by atoms with Crippen LogP contribution in [0, 0.1) is 5.92 Å². The third-order valence-corrected chi connectivity index (χ3v) is 6.27. The number of aromatic nitrogens is 2. The van der Waals surface area contributed by atoms with Crippen molar-refractivity contribution in [3.63, 3.8) is 0 Å². The number of β-amino-alcohol motifs (C(OH)–C–C–N with tert-alkyl or cyclic N) is 1. The average Bonchev–Trinajstić information content (AvgIpc) is 3.14. The Labute approximate surface area is 165 Å². The minimum atomic E-state index is -0.322. The molecule has 9 nitrogen and oxygen atoms in total. The van der Waals surface area contributed by atoms with Gasteiger partial charge in [0.2, 0.25) is 5.95 Å². The molecule has 0 spiro atoms. The summed E-state index contributed by atoms with van der Waals surface area (Å²) < 4.78 is 5.05. The van der Waals surface area contributed by atoms with E-state index in [4.69, 9.17) is 10.5 Å². The fourth-order valence-corrected chi connectivity index (χ4v) is 4.56. The zero-order valence-electron chi connectivity index (χ0n) is 16.2. The van der Waals surface area contributed by atoms with Crippen molar-refractivity contribution in [2.45, 2.75) is 37.8 Å². The van der Waals surface area contributed by atoms with Gasteiger partial charge in [-0.15, -0.1) is 0 Å². The third-order valence-electron chi connectivity index (χ3n) is 6.27. The second-order valence-corrected chi connectivity index (χ2v) is 8.01. The molecule has 3 fully saturated rings. The molecular weight excluding hydrogens is 360 g/mol. The minimum Gasteiger partial charge on any atom is -0.448 e. The number of aliphatic hydroxyl groups is 1. The average molecular weight is 390 g/mol. The van der Waals surface area contributed by atoms with E-state index in [1.807, 2.05) is 4.90 Å². The third kappa shape index (κ3) is 4.30. The zero-order valence-corrected chi connectivity index (χ0v) is 16.2. The van der Waals surface area contributed by atoms with E-state index in [2.05, 4.69) is 19.8 Å². The van der Waals surface area contributed by atoms with Crippen LogP contribution in [-0.4, -0.2) is 89.0 Å². The van der Waals surface area contributed by atoms with Crippen LogP contribution in [0.1, 0.15) is 25.7 Å². The SMILES string of the molecule is Nc1ccnc(N2CCC(C(O)CN3CCC(N4CCOC4=O)CC3)CC2)n1. The number of anilines is 2. The molecule has 28 heavy (non-hydrogen) atoms. The molecule has 1 aromatic rings. The number of cyclic esters (lactones) is 1. The monoisotopic (exact) mass is 390 g/mol. The molecule has 9 heteroatoms. The van der Waals surface area contributed by atoms with Crippen molar-refractivity contribution in [2.75, 3.05) is 56.5 Å². The second-order valence-electron chi connectivity index (χ2n) is 8.01. The number of nitrogens with two attached hydrogens (primary N) is 1. The summed E-state index contributed by atoms with van der Waals surface area (Å²) in [6, 6.07) is 1.97. The van der Waals surface area contributed by atoms with E-state index in [1.54, 1.807) is 12.3 Å². The number of piperidine rings is 2. The largest absolute Gasteiger partial charge is 0.448 e. The smallest absolute Gasteiger partial charge is 0.410 e. The van der Waals surface area contributed by atoms with Gasteiger partial charge in [0.25, 0.3) is 0 Å². The number of ether oxygens (including phenoxy) is 1. The highest BCUT2D eigenvalue weighted by molar-refractivity contribution is 5.69. The molecule has 0 radical (unpaired) electrons. The first-order chi connectivity index (χ1) is 13.6. The van der Waals surface area contributed by atoms with E-state index in [0.717, 1.165) is 51.9 Å². The van der Waals surface area contributed by atoms with E-state index >= 15 is 0 Å². The highest BCUT2D eigenvalue weighted by atomic mass is 16.6. The molecule has 1 unspecified atom stereocenters. The van der Waals surface area contributed by atoms with E-state index in [1.165, 1.54) is 0 Å². The molecule has 3 saturated heterocycles. The standard InChI is InChI=1S/C19H30N6O3/c20-17-1-6-21-18(22-17)24-9-2-14(3-10-24)16(26)13-23-7-4-15(5-8-23)25-11-12-28-19(25)27/h1,6,14-16,26H,2-5,7-13H2,(H2,20,21,22). The molecule has 1 atom stereocenters. The predicted molar refractivity (Wildman–Crippen MR) is 105 cm³/mol. The van der Waals surface area contributed by atoms with Crippen LogP contribution in [0.2, 0.25) is 0 Å². The molecule has 1 amide bonds. The lowest BCUT2D eigenvalue weighted by molar-refractivity contribution is 0.0369. The van der Waals surface area contributed by atoms with E-state index in [9.17, 15) is 9.90 Å². The summed E-state index contributed by atoms with van der Waals surface area (Å²) in [4.78, 5) is 26.6. The number of carbonyl (C=O) groups excluding carboxylic acids is 1. The van der Waals surface area contributed by atoms with Gasteiger partial charge in [-0.2, -0.15) is 4.98 Å². The van der Waals surface area contributed by atoms with Crippen molar-refractivity contribution < 1.29 is 14.6 Å². The van der Waals surface area contributed by atoms with E-state index < -0.39 is 0 Å². The Morgan fingerprint density at radius 1 is 1.18 bits per heavy atom. The Balaban J connectivity index is 1.21. The van der Waals surface area contributed by atoms with Gasteiger partial charge < -0.3 is 30.3 Å². The lowest BCUT2D eigenvalue weighted by atomic mass is 9.90. The molecule has 0 bridgehead atoms. The molecule has 3 N–H and O–H groups in total. The Hall–Kier alpha value is -2.13. The molecule has 154 valence electrons. The first-order valence-corrected chi connectivity index (χ1v) is 10.3. The molecular formula is C19H30N6O3. The van der Waals surface area contributed by atoms with Crippen LogP contribution in [0.3, 0.4) is 0 Å². The van der Waals surface area contributed by atoms with Gasteiger partial charge in [-0.3, -0.25) is 0 Å². The van der Waals surface area contributed by atoms with E-state index in [-0.39, 0.29) is 18.2 Å². The zero-order chi connectivity index (χ0) is 19.5. The van der Waals surface area contributed by atoms with Crippen molar-refractivity contribution >= 4 is 17.9 Å². The maximum Gasteiger partial charge on any atom is 0.410 e. The van der Waals surface area contributed by atoms with Gasteiger partial charge >= 0.3 is 6.09 Å². The Bertz CT molecular complexity index is 673. The summed E-state index contributed by atoms with van der Waals surface area (Å²) in [5.41, 5.74) is 5.75. The first-order valence-electron chi connectivity index (χ1n) is 10.3. The second kappa shape index (κ2) is 8.48. The van der Waals surface area contributed by atoms with Crippen LogP contribution in [0.25, 0.3) is 0 Å². The molecule has 3 aliphatic rings. The lowest BCUT2D eigenvalue weighted by Crippen LogP contribution is -2.48. The van der Waals surface area contributed by atoms with Crippen molar-refractivity contribution in [3.05, 3.63) is 12.3 Å². The van der Waals surface area contributed by atoms with Crippen molar-refractivity contribution in [2.24, 2.45) is 5.92 Å². The van der Waals surface area contributed by atoms with Crippen LogP contribution >= 0.6 is 0 Å². The Kier molecular flexibility index (Phi) is 5.82. The molecule has 1 aromatic heterocycles. The van der Waals surface area contributed by atoms with Gasteiger partial charge in [0, 0.05) is 45.0 Å². The molecule has 0 aromatic carbocycles. The number of carbonyl (C=O) groups is 1. The summed E-state index contributed by atoms with van der Waals surface area (Å²) >= 11 is 0. The molecule has 4 heterocycles. The fourth-order valence-electron chi connectivity index (χ4n) is 4.56. The lowest BCUT2D eigenvalue weighted by Gasteiger charge is -2.39. The van der Waals surface area contributed by atoms with Crippen LogP contribution < -0.4 is 10.6 Å². The maximum atomic E-state index is 11.7. The summed E-state index contributed by atoms with van der Waals surface area (Å²) in [6.45, 7) is 5.44. The first kappa shape index (κ1) is 19.2. The summed E-state index contributed by atoms with van der Waals surface area (Å²) in [7, 11) is 0. The van der Waals surface area contributed by atoms with Crippen molar-refractivity contribution in [1.29, 1.82) is 0 Å². The number of nitrogen functional groups attached to an aromatic ring is 1.